The monoisotopic (exact) mass is 343 g/mol. The van der Waals surface area contributed by atoms with Crippen molar-refractivity contribution in [3.63, 3.8) is 0 Å². The number of hydrogen-bond acceptors (Lipinski definition) is 1. The molecule has 3 atom stereocenters. The van der Waals surface area contributed by atoms with Crippen molar-refractivity contribution in [2.75, 3.05) is 0 Å². The van der Waals surface area contributed by atoms with E-state index in [9.17, 15) is 4.79 Å². The molecule has 1 saturated carbocycles. The van der Waals surface area contributed by atoms with Crippen LogP contribution in [0.4, 0.5) is 0 Å². The lowest BCUT2D eigenvalue weighted by atomic mass is 9.60. The quantitative estimate of drug-likeness (QED) is 0.681. The molecule has 1 fully saturated rings. The fourth-order valence-electron chi connectivity index (χ4n) is 4.39. The Hall–Kier alpha value is -1.31. The summed E-state index contributed by atoms with van der Waals surface area (Å²) in [4.78, 5) is 12.6. The van der Waals surface area contributed by atoms with Crippen molar-refractivity contribution in [1.29, 1.82) is 0 Å². The van der Waals surface area contributed by atoms with Gasteiger partial charge in [-0.25, -0.2) is 0 Å². The van der Waals surface area contributed by atoms with Crippen molar-refractivity contribution in [2.24, 2.45) is 28.6 Å². The molecule has 1 aromatic rings. The van der Waals surface area contributed by atoms with Gasteiger partial charge in [-0.2, -0.15) is 0 Å². The molecule has 2 nitrogen and oxygen atoms in total. The van der Waals surface area contributed by atoms with Crippen LogP contribution in [0.15, 0.2) is 30.3 Å². The molecule has 0 saturated heterocycles. The second kappa shape index (κ2) is 7.51. The fraction of sp³-hybridized carbons (Fsp3) is 0.696. The van der Waals surface area contributed by atoms with Gasteiger partial charge in [0.05, 0.1) is 0 Å². The van der Waals surface area contributed by atoms with Crippen molar-refractivity contribution < 1.29 is 4.79 Å². The molecule has 0 aliphatic heterocycles. The highest BCUT2D eigenvalue weighted by Crippen LogP contribution is 2.54. The Balaban J connectivity index is 2.19. The van der Waals surface area contributed by atoms with E-state index in [0.717, 1.165) is 18.4 Å². The Morgan fingerprint density at radius 2 is 1.64 bits per heavy atom. The predicted octanol–water partition coefficient (Wildman–Crippen LogP) is 5.93. The van der Waals surface area contributed by atoms with E-state index in [1.807, 2.05) is 30.3 Å². The van der Waals surface area contributed by atoms with Gasteiger partial charge in [0.25, 0.3) is 5.91 Å². The molecule has 0 heterocycles. The van der Waals surface area contributed by atoms with Crippen LogP contribution in [0.2, 0.25) is 0 Å². The second-order valence-electron chi connectivity index (χ2n) is 9.54. The summed E-state index contributed by atoms with van der Waals surface area (Å²) in [7, 11) is 0. The summed E-state index contributed by atoms with van der Waals surface area (Å²) < 4.78 is 0. The first-order valence-corrected chi connectivity index (χ1v) is 9.95. The number of carbonyl (C=O) groups excluding carboxylic acids is 1. The van der Waals surface area contributed by atoms with E-state index in [1.165, 1.54) is 6.42 Å². The average molecular weight is 344 g/mol. The highest BCUT2D eigenvalue weighted by Gasteiger charge is 2.49. The van der Waals surface area contributed by atoms with Crippen molar-refractivity contribution in [3.05, 3.63) is 35.9 Å². The van der Waals surface area contributed by atoms with Crippen molar-refractivity contribution in [2.45, 2.75) is 73.8 Å². The van der Waals surface area contributed by atoms with Gasteiger partial charge in [0, 0.05) is 11.6 Å². The molecule has 0 aromatic heterocycles. The molecule has 0 spiro atoms. The number of rotatable bonds is 6. The Morgan fingerprint density at radius 3 is 2.16 bits per heavy atom. The molecule has 1 aliphatic carbocycles. The summed E-state index contributed by atoms with van der Waals surface area (Å²) in [6.07, 6.45) is 3.37. The summed E-state index contributed by atoms with van der Waals surface area (Å²) >= 11 is 0. The van der Waals surface area contributed by atoms with Crippen molar-refractivity contribution in [3.8, 4) is 0 Å². The van der Waals surface area contributed by atoms with Gasteiger partial charge < -0.3 is 5.32 Å². The molecule has 3 unspecified atom stereocenters. The molecule has 1 N–H and O–H groups in total. The van der Waals surface area contributed by atoms with Crippen LogP contribution in [0.3, 0.4) is 0 Å². The van der Waals surface area contributed by atoms with Crippen LogP contribution in [0.25, 0.3) is 0 Å². The van der Waals surface area contributed by atoms with Crippen molar-refractivity contribution in [1.82, 2.24) is 5.32 Å². The third kappa shape index (κ3) is 4.27. The number of benzene rings is 1. The van der Waals surface area contributed by atoms with Gasteiger partial charge in [0.15, 0.2) is 0 Å². The summed E-state index contributed by atoms with van der Waals surface area (Å²) in [5.74, 6) is 2.00. The number of nitrogens with one attached hydrogen (secondary N) is 1. The Labute approximate surface area is 154 Å². The van der Waals surface area contributed by atoms with Crippen molar-refractivity contribution >= 4 is 5.91 Å². The third-order valence-electron chi connectivity index (χ3n) is 7.29. The molecular weight excluding hydrogens is 306 g/mol. The normalized spacial score (nSPS) is 24.6. The Morgan fingerprint density at radius 1 is 1.08 bits per heavy atom. The van der Waals surface area contributed by atoms with E-state index in [4.69, 9.17) is 0 Å². The predicted molar refractivity (Wildman–Crippen MR) is 107 cm³/mol. The molecule has 2 heteroatoms. The maximum absolute atomic E-state index is 12.6. The summed E-state index contributed by atoms with van der Waals surface area (Å²) in [6, 6.07) is 9.88. The first-order valence-electron chi connectivity index (χ1n) is 9.95. The second-order valence-corrected chi connectivity index (χ2v) is 9.54. The minimum atomic E-state index is 0.0710. The highest BCUT2D eigenvalue weighted by atomic mass is 16.1. The van der Waals surface area contributed by atoms with Crippen LogP contribution < -0.4 is 5.32 Å². The average Bonchev–Trinajstić information content (AvgIpc) is 3.01. The topological polar surface area (TPSA) is 29.1 Å². The van der Waals surface area contributed by atoms with Gasteiger partial charge in [-0.05, 0) is 53.6 Å². The molecule has 0 radical (unpaired) electrons. The zero-order chi connectivity index (χ0) is 18.8. The summed E-state index contributed by atoms with van der Waals surface area (Å²) in [5.41, 5.74) is 1.35. The number of amides is 1. The van der Waals surface area contributed by atoms with Gasteiger partial charge in [-0.1, -0.05) is 73.1 Å². The smallest absolute Gasteiger partial charge is 0.251 e. The molecule has 1 aliphatic rings. The first-order chi connectivity index (χ1) is 11.6. The summed E-state index contributed by atoms with van der Waals surface area (Å²) in [6.45, 7) is 16.6. The maximum atomic E-state index is 12.6. The molecule has 25 heavy (non-hydrogen) atoms. The van der Waals surface area contributed by atoms with Gasteiger partial charge in [0.2, 0.25) is 0 Å². The van der Waals surface area contributed by atoms with Crippen LogP contribution in [0.1, 0.15) is 78.1 Å². The van der Waals surface area contributed by atoms with Crippen LogP contribution >= 0.6 is 0 Å². The lowest BCUT2D eigenvalue weighted by Gasteiger charge is -2.44. The van der Waals surface area contributed by atoms with Crippen LogP contribution in [0, 0.1) is 28.6 Å². The lowest BCUT2D eigenvalue weighted by molar-refractivity contribution is 0.0415. The van der Waals surface area contributed by atoms with Gasteiger partial charge in [-0.15, -0.1) is 0 Å². The van der Waals surface area contributed by atoms with Gasteiger partial charge in [0.1, 0.15) is 0 Å². The molecule has 2 rings (SSSR count). The Bertz CT molecular complexity index is 573. The third-order valence-corrected chi connectivity index (χ3v) is 7.29. The van der Waals surface area contributed by atoms with Crippen LogP contribution in [-0.2, 0) is 0 Å². The minimum absolute atomic E-state index is 0.0710. The van der Waals surface area contributed by atoms with E-state index >= 15 is 0 Å². The number of hydrogen-bond donors (Lipinski definition) is 1. The first kappa shape index (κ1) is 20.0. The minimum Gasteiger partial charge on any atom is -0.349 e. The maximum Gasteiger partial charge on any atom is 0.251 e. The van der Waals surface area contributed by atoms with E-state index < -0.39 is 0 Å². The molecule has 1 aromatic carbocycles. The zero-order valence-corrected chi connectivity index (χ0v) is 17.2. The zero-order valence-electron chi connectivity index (χ0n) is 17.2. The van der Waals surface area contributed by atoms with Gasteiger partial charge >= 0.3 is 0 Å². The Kier molecular flexibility index (Phi) is 6.01. The standard InChI is InChI=1S/C23H37NO/c1-8-22(4,5)19-14-18(15-20(19)23(6,7)16(2)3)24-21(25)17-12-10-9-11-13-17/h9-13,16,18-20H,8,14-15H2,1-7H3,(H,24,25). The largest absolute Gasteiger partial charge is 0.349 e. The van der Waals surface area contributed by atoms with E-state index in [-0.39, 0.29) is 17.4 Å². The molecule has 140 valence electrons. The SMILES string of the molecule is CCC(C)(C)C1CC(NC(=O)c2ccccc2)CC1C(C)(C)C(C)C. The molecule has 1 amide bonds. The highest BCUT2D eigenvalue weighted by molar-refractivity contribution is 5.94. The van der Waals surface area contributed by atoms with Crippen LogP contribution in [0.5, 0.6) is 0 Å². The molecule has 0 bridgehead atoms. The summed E-state index contributed by atoms with van der Waals surface area (Å²) in [5, 5.41) is 3.32. The van der Waals surface area contributed by atoms with E-state index in [2.05, 4.69) is 53.8 Å². The lowest BCUT2D eigenvalue weighted by Crippen LogP contribution is -2.38. The number of carbonyl (C=O) groups is 1. The van der Waals surface area contributed by atoms with E-state index in [1.54, 1.807) is 0 Å². The van der Waals surface area contributed by atoms with E-state index in [0.29, 0.717) is 23.2 Å². The van der Waals surface area contributed by atoms with Crippen LogP contribution in [-0.4, -0.2) is 11.9 Å². The fourth-order valence-corrected chi connectivity index (χ4v) is 4.39. The van der Waals surface area contributed by atoms with Gasteiger partial charge in [-0.3, -0.25) is 4.79 Å². The molecular formula is C23H37NO.